The maximum atomic E-state index is 12.5. The van der Waals surface area contributed by atoms with Gasteiger partial charge < -0.3 is 9.52 Å². The highest BCUT2D eigenvalue weighted by Gasteiger charge is 2.26. The van der Waals surface area contributed by atoms with Crippen LogP contribution in [0.4, 0.5) is 0 Å². The number of nitrogens with zero attached hydrogens (tertiary/aromatic N) is 1. The number of halogens is 1. The fourth-order valence-corrected chi connectivity index (χ4v) is 3.78. The van der Waals surface area contributed by atoms with E-state index in [1.165, 1.54) is 36.7 Å². The molecule has 0 spiro atoms. The number of aryl methyl sites for hydroxylation is 1. The third kappa shape index (κ3) is 3.54. The molecule has 1 aromatic heterocycles. The van der Waals surface area contributed by atoms with E-state index in [4.69, 9.17) is 16.0 Å². The second-order valence-electron chi connectivity index (χ2n) is 6.16. The van der Waals surface area contributed by atoms with Crippen molar-refractivity contribution >= 4 is 32.7 Å². The van der Waals surface area contributed by atoms with E-state index in [-0.39, 0.29) is 17.0 Å². The zero-order valence-corrected chi connectivity index (χ0v) is 15.6. The first-order valence-electron chi connectivity index (χ1n) is 7.68. The first kappa shape index (κ1) is 18.7. The van der Waals surface area contributed by atoms with Crippen LogP contribution in [0.15, 0.2) is 56.6 Å². The Morgan fingerprint density at radius 1 is 1.23 bits per heavy atom. The Kier molecular flexibility index (Phi) is 4.70. The minimum Gasteiger partial charge on any atom is -0.408 e. The minimum absolute atomic E-state index is 0.0637. The Balaban J connectivity index is 1.84. The molecule has 2 aromatic carbocycles. The van der Waals surface area contributed by atoms with Gasteiger partial charge in [-0.1, -0.05) is 23.7 Å². The van der Waals surface area contributed by atoms with Gasteiger partial charge in [0, 0.05) is 24.7 Å². The van der Waals surface area contributed by atoms with Crippen molar-refractivity contribution in [3.63, 3.8) is 0 Å². The number of fused-ring (bicyclic) bond motifs is 1. The summed E-state index contributed by atoms with van der Waals surface area (Å²) in [5, 5.41) is 11.1. The molecule has 0 radical (unpaired) electrons. The quantitative estimate of drug-likeness (QED) is 0.686. The standard InChI is InChI=1S/C17H17ClN2O5S/c1-17(22,11-3-5-12(18)6-4-11)10-19-26(23,24)13-7-8-14-15(9-13)25-16(21)20(14)2/h3-9,19,22H,10H2,1-2H3. The van der Waals surface area contributed by atoms with Gasteiger partial charge in [0.2, 0.25) is 10.0 Å². The van der Waals surface area contributed by atoms with Gasteiger partial charge in [0.25, 0.3) is 0 Å². The van der Waals surface area contributed by atoms with Gasteiger partial charge in [-0.2, -0.15) is 0 Å². The van der Waals surface area contributed by atoms with Crippen molar-refractivity contribution < 1.29 is 17.9 Å². The Hall–Kier alpha value is -2.13. The lowest BCUT2D eigenvalue weighted by atomic mass is 9.97. The molecule has 1 unspecified atom stereocenters. The molecule has 0 saturated heterocycles. The maximum absolute atomic E-state index is 12.5. The summed E-state index contributed by atoms with van der Waals surface area (Å²) in [5.41, 5.74) is -0.248. The number of aliphatic hydroxyl groups is 1. The van der Waals surface area contributed by atoms with Gasteiger partial charge >= 0.3 is 5.76 Å². The average molecular weight is 397 g/mol. The van der Waals surface area contributed by atoms with E-state index in [0.717, 1.165) is 0 Å². The van der Waals surface area contributed by atoms with Gasteiger partial charge in [-0.3, -0.25) is 4.57 Å². The van der Waals surface area contributed by atoms with Crippen LogP contribution in [0.2, 0.25) is 5.02 Å². The fourth-order valence-electron chi connectivity index (χ4n) is 2.51. The molecule has 1 atom stereocenters. The third-order valence-corrected chi connectivity index (χ3v) is 5.80. The zero-order valence-electron chi connectivity index (χ0n) is 14.1. The van der Waals surface area contributed by atoms with Crippen LogP contribution in [0.25, 0.3) is 11.1 Å². The molecule has 0 aliphatic carbocycles. The van der Waals surface area contributed by atoms with Crippen molar-refractivity contribution in [3.8, 4) is 0 Å². The van der Waals surface area contributed by atoms with Gasteiger partial charge in [-0.05, 0) is 36.8 Å². The summed E-state index contributed by atoms with van der Waals surface area (Å²) in [4.78, 5) is 11.5. The SMILES string of the molecule is Cn1c(=O)oc2cc(S(=O)(=O)NCC(C)(O)c3ccc(Cl)cc3)ccc21. The summed E-state index contributed by atoms with van der Waals surface area (Å²) in [7, 11) is -2.38. The van der Waals surface area contributed by atoms with Crippen molar-refractivity contribution in [2.45, 2.75) is 17.4 Å². The number of oxazole rings is 1. The molecule has 3 aromatic rings. The molecule has 0 amide bonds. The molecular weight excluding hydrogens is 380 g/mol. The monoisotopic (exact) mass is 396 g/mol. The summed E-state index contributed by atoms with van der Waals surface area (Å²) < 4.78 is 33.7. The van der Waals surface area contributed by atoms with Crippen molar-refractivity contribution in [1.29, 1.82) is 0 Å². The number of hydrogen-bond acceptors (Lipinski definition) is 5. The average Bonchev–Trinajstić information content (AvgIpc) is 2.88. The summed E-state index contributed by atoms with van der Waals surface area (Å²) >= 11 is 5.83. The molecule has 7 nitrogen and oxygen atoms in total. The van der Waals surface area contributed by atoms with Crippen LogP contribution < -0.4 is 10.5 Å². The fraction of sp³-hybridized carbons (Fsp3) is 0.235. The number of hydrogen-bond donors (Lipinski definition) is 2. The molecule has 0 bridgehead atoms. The zero-order chi connectivity index (χ0) is 19.1. The van der Waals surface area contributed by atoms with Crippen molar-refractivity contribution in [3.05, 3.63) is 63.6 Å². The Labute approximate surface area is 154 Å². The van der Waals surface area contributed by atoms with Crippen molar-refractivity contribution in [1.82, 2.24) is 9.29 Å². The van der Waals surface area contributed by atoms with E-state index in [0.29, 0.717) is 16.1 Å². The lowest BCUT2D eigenvalue weighted by Crippen LogP contribution is -2.38. The van der Waals surface area contributed by atoms with Gasteiger partial charge in [0.15, 0.2) is 5.58 Å². The number of sulfonamides is 1. The second kappa shape index (κ2) is 6.55. The summed E-state index contributed by atoms with van der Waals surface area (Å²) in [5.74, 6) is -0.576. The van der Waals surface area contributed by atoms with Crippen LogP contribution in [0.3, 0.4) is 0 Å². The van der Waals surface area contributed by atoms with Crippen LogP contribution in [0.1, 0.15) is 12.5 Å². The Morgan fingerprint density at radius 2 is 1.88 bits per heavy atom. The highest BCUT2D eigenvalue weighted by Crippen LogP contribution is 2.23. The van der Waals surface area contributed by atoms with Crippen molar-refractivity contribution in [2.24, 2.45) is 7.05 Å². The number of aromatic nitrogens is 1. The van der Waals surface area contributed by atoms with E-state index >= 15 is 0 Å². The summed E-state index contributed by atoms with van der Waals surface area (Å²) in [6, 6.07) is 10.6. The van der Waals surface area contributed by atoms with E-state index in [2.05, 4.69) is 4.72 Å². The van der Waals surface area contributed by atoms with Crippen LogP contribution in [0.5, 0.6) is 0 Å². The van der Waals surface area contributed by atoms with Gasteiger partial charge in [0.05, 0.1) is 10.4 Å². The van der Waals surface area contributed by atoms with Crippen molar-refractivity contribution in [2.75, 3.05) is 6.54 Å². The molecule has 9 heteroatoms. The highest BCUT2D eigenvalue weighted by atomic mass is 35.5. The molecule has 3 rings (SSSR count). The van der Waals surface area contributed by atoms with Gasteiger partial charge in [0.1, 0.15) is 5.60 Å². The predicted octanol–water partition coefficient (Wildman–Crippen LogP) is 1.97. The number of nitrogens with one attached hydrogen (secondary N) is 1. The number of rotatable bonds is 5. The first-order chi connectivity index (χ1) is 12.1. The molecule has 0 fully saturated rings. The molecule has 138 valence electrons. The van der Waals surface area contributed by atoms with Crippen LogP contribution >= 0.6 is 11.6 Å². The molecule has 2 N–H and O–H groups in total. The lowest BCUT2D eigenvalue weighted by Gasteiger charge is -2.24. The second-order valence-corrected chi connectivity index (χ2v) is 8.37. The lowest BCUT2D eigenvalue weighted by molar-refractivity contribution is 0.0627. The molecule has 26 heavy (non-hydrogen) atoms. The van der Waals surface area contributed by atoms with E-state index in [1.807, 2.05) is 0 Å². The highest BCUT2D eigenvalue weighted by molar-refractivity contribution is 7.89. The van der Waals surface area contributed by atoms with Crippen LogP contribution in [-0.2, 0) is 22.7 Å². The first-order valence-corrected chi connectivity index (χ1v) is 9.54. The Morgan fingerprint density at radius 3 is 2.54 bits per heavy atom. The minimum atomic E-state index is -3.91. The van der Waals surface area contributed by atoms with E-state index in [9.17, 15) is 18.3 Å². The summed E-state index contributed by atoms with van der Waals surface area (Å²) in [6.45, 7) is 1.26. The maximum Gasteiger partial charge on any atom is 0.419 e. The van der Waals surface area contributed by atoms with E-state index in [1.54, 1.807) is 24.3 Å². The summed E-state index contributed by atoms with van der Waals surface area (Å²) in [6.07, 6.45) is 0. The predicted molar refractivity (Wildman–Crippen MR) is 97.7 cm³/mol. The molecule has 0 aliphatic rings. The third-order valence-electron chi connectivity index (χ3n) is 4.15. The van der Waals surface area contributed by atoms with Gasteiger partial charge in [-0.25, -0.2) is 17.9 Å². The Bertz CT molecular complexity index is 1110. The molecular formula is C17H17ClN2O5S. The molecule has 0 aliphatic heterocycles. The normalized spacial score (nSPS) is 14.5. The van der Waals surface area contributed by atoms with Crippen LogP contribution in [0, 0.1) is 0 Å². The van der Waals surface area contributed by atoms with Crippen LogP contribution in [-0.4, -0.2) is 24.6 Å². The van der Waals surface area contributed by atoms with Gasteiger partial charge in [-0.15, -0.1) is 0 Å². The molecule has 0 saturated carbocycles. The topological polar surface area (TPSA) is 102 Å². The molecule has 1 heterocycles. The van der Waals surface area contributed by atoms with E-state index < -0.39 is 21.4 Å². The largest absolute Gasteiger partial charge is 0.419 e. The smallest absolute Gasteiger partial charge is 0.408 e. The number of benzene rings is 2.